The van der Waals surface area contributed by atoms with Crippen LogP contribution in [0.4, 0.5) is 0 Å². The lowest BCUT2D eigenvalue weighted by Gasteiger charge is -2.22. The van der Waals surface area contributed by atoms with Gasteiger partial charge in [0.15, 0.2) is 5.60 Å². The highest BCUT2D eigenvalue weighted by atomic mass is 32.2. The number of thioether (sulfide) groups is 1. The molecule has 2 aromatic rings. The first-order chi connectivity index (χ1) is 10.5. The molecule has 3 nitrogen and oxygen atoms in total. The Bertz CT molecular complexity index is 647. The number of hydrogen-bond donors (Lipinski definition) is 2. The van der Waals surface area contributed by atoms with E-state index < -0.39 is 11.6 Å². The average molecular weight is 336 g/mol. The van der Waals surface area contributed by atoms with E-state index in [1.165, 1.54) is 15.7 Å². The first-order valence-electron chi connectivity index (χ1n) is 7.33. The topological polar surface area (TPSA) is 57.5 Å². The molecule has 0 aromatic heterocycles. The molecule has 5 heteroatoms. The standard InChI is InChI=1S/C17H21O3PS/c1-2-9-17(20,16(18)19)11-21-12-22-15-8-7-13-5-3-4-6-14(13)10-15/h3-8,10,20-21H,2,9,11-12H2,1H3,(H,18,19). The zero-order valence-electron chi connectivity index (χ0n) is 12.6. The van der Waals surface area contributed by atoms with Crippen LogP contribution in [-0.4, -0.2) is 33.4 Å². The summed E-state index contributed by atoms with van der Waals surface area (Å²) in [5.74, 6) is -1.10. The number of benzene rings is 2. The summed E-state index contributed by atoms with van der Waals surface area (Å²) in [5, 5.41) is 21.7. The van der Waals surface area contributed by atoms with Gasteiger partial charge in [-0.1, -0.05) is 43.7 Å². The monoisotopic (exact) mass is 336 g/mol. The SMILES string of the molecule is CCCC(O)(CPCSc1ccc2ccccc2c1)C(=O)O. The molecule has 0 heterocycles. The molecule has 0 amide bonds. The largest absolute Gasteiger partial charge is 0.479 e. The van der Waals surface area contributed by atoms with E-state index in [1.807, 2.05) is 19.1 Å². The van der Waals surface area contributed by atoms with Gasteiger partial charge in [0.25, 0.3) is 0 Å². The number of aliphatic hydroxyl groups is 1. The van der Waals surface area contributed by atoms with E-state index >= 15 is 0 Å². The molecule has 2 atom stereocenters. The van der Waals surface area contributed by atoms with Crippen LogP contribution in [0.5, 0.6) is 0 Å². The smallest absolute Gasteiger partial charge is 0.336 e. The van der Waals surface area contributed by atoms with E-state index in [0.29, 0.717) is 27.6 Å². The van der Waals surface area contributed by atoms with Crippen LogP contribution in [0.25, 0.3) is 10.8 Å². The molecule has 0 radical (unpaired) electrons. The second kappa shape index (κ2) is 7.96. The molecule has 0 aliphatic rings. The Kier molecular flexibility index (Phi) is 6.25. The second-order valence-electron chi connectivity index (χ2n) is 5.31. The number of carboxylic acid groups (broad SMARTS) is 1. The Morgan fingerprint density at radius 1 is 1.23 bits per heavy atom. The van der Waals surface area contributed by atoms with Gasteiger partial charge < -0.3 is 10.2 Å². The molecular weight excluding hydrogens is 315 g/mol. The lowest BCUT2D eigenvalue weighted by Crippen LogP contribution is -2.40. The van der Waals surface area contributed by atoms with Gasteiger partial charge in [-0.3, -0.25) is 0 Å². The van der Waals surface area contributed by atoms with Gasteiger partial charge in [-0.2, -0.15) is 0 Å². The number of aliphatic carboxylic acids is 1. The van der Waals surface area contributed by atoms with Crippen LogP contribution in [0.1, 0.15) is 19.8 Å². The summed E-state index contributed by atoms with van der Waals surface area (Å²) in [7, 11) is 0.421. The highest BCUT2D eigenvalue weighted by Crippen LogP contribution is 2.32. The molecule has 0 saturated heterocycles. The Labute approximate surface area is 136 Å². The average Bonchev–Trinajstić information content (AvgIpc) is 2.51. The van der Waals surface area contributed by atoms with Crippen LogP contribution in [-0.2, 0) is 4.79 Å². The van der Waals surface area contributed by atoms with Gasteiger partial charge in [0.05, 0.1) is 0 Å². The lowest BCUT2D eigenvalue weighted by molar-refractivity contribution is -0.156. The minimum atomic E-state index is -1.56. The number of fused-ring (bicyclic) bond motifs is 1. The Balaban J connectivity index is 1.88. The molecule has 0 spiro atoms. The minimum Gasteiger partial charge on any atom is -0.479 e. The van der Waals surface area contributed by atoms with Gasteiger partial charge in [-0.25, -0.2) is 4.79 Å². The highest BCUT2D eigenvalue weighted by Gasteiger charge is 2.34. The van der Waals surface area contributed by atoms with E-state index in [9.17, 15) is 9.90 Å². The maximum Gasteiger partial charge on any atom is 0.336 e. The van der Waals surface area contributed by atoms with Crippen molar-refractivity contribution in [1.29, 1.82) is 0 Å². The maximum absolute atomic E-state index is 11.2. The molecule has 0 saturated carbocycles. The van der Waals surface area contributed by atoms with Crippen molar-refractivity contribution in [3.05, 3.63) is 42.5 Å². The van der Waals surface area contributed by atoms with Crippen LogP contribution >= 0.6 is 20.3 Å². The molecule has 0 bridgehead atoms. The molecule has 2 rings (SSSR count). The summed E-state index contributed by atoms with van der Waals surface area (Å²) in [5.41, 5.74) is -0.727. The second-order valence-corrected chi connectivity index (χ2v) is 8.08. The fraction of sp³-hybridized carbons (Fsp3) is 0.353. The Morgan fingerprint density at radius 3 is 2.64 bits per heavy atom. The minimum absolute atomic E-state index is 0.315. The number of carbonyl (C=O) groups is 1. The molecule has 0 fully saturated rings. The molecule has 0 aliphatic heterocycles. The van der Waals surface area contributed by atoms with Crippen molar-refractivity contribution in [3.63, 3.8) is 0 Å². The zero-order valence-corrected chi connectivity index (χ0v) is 14.4. The molecule has 2 N–H and O–H groups in total. The summed E-state index contributed by atoms with van der Waals surface area (Å²) in [4.78, 5) is 12.4. The number of carboxylic acids is 1. The first kappa shape index (κ1) is 17.3. The Hall–Kier alpha value is -1.09. The lowest BCUT2D eigenvalue weighted by atomic mass is 10.0. The first-order valence-corrected chi connectivity index (χ1v) is 9.73. The van der Waals surface area contributed by atoms with Gasteiger partial charge in [-0.05, 0) is 29.3 Å². The summed E-state index contributed by atoms with van der Waals surface area (Å²) in [6.07, 6.45) is 1.32. The van der Waals surface area contributed by atoms with Crippen molar-refractivity contribution < 1.29 is 15.0 Å². The van der Waals surface area contributed by atoms with Crippen LogP contribution in [0.15, 0.2) is 47.4 Å². The van der Waals surface area contributed by atoms with Crippen molar-refractivity contribution >= 4 is 37.1 Å². The van der Waals surface area contributed by atoms with Crippen LogP contribution in [0, 0.1) is 0 Å². The third-order valence-corrected chi connectivity index (χ3v) is 6.36. The van der Waals surface area contributed by atoms with Gasteiger partial charge in [0, 0.05) is 16.6 Å². The quantitative estimate of drug-likeness (QED) is 0.431. The van der Waals surface area contributed by atoms with Crippen molar-refractivity contribution in [1.82, 2.24) is 0 Å². The van der Waals surface area contributed by atoms with E-state index in [4.69, 9.17) is 5.11 Å². The third kappa shape index (κ3) is 4.45. The third-order valence-electron chi connectivity index (χ3n) is 3.54. The predicted molar refractivity (Wildman–Crippen MR) is 95.3 cm³/mol. The fourth-order valence-corrected chi connectivity index (χ4v) is 4.93. The Morgan fingerprint density at radius 2 is 1.95 bits per heavy atom. The summed E-state index contributed by atoms with van der Waals surface area (Å²) in [6, 6.07) is 14.6. The maximum atomic E-state index is 11.2. The van der Waals surface area contributed by atoms with E-state index in [1.54, 1.807) is 11.8 Å². The van der Waals surface area contributed by atoms with E-state index in [0.717, 1.165) is 5.49 Å². The van der Waals surface area contributed by atoms with Crippen molar-refractivity contribution in [2.75, 3.05) is 11.7 Å². The van der Waals surface area contributed by atoms with Crippen LogP contribution < -0.4 is 0 Å². The van der Waals surface area contributed by atoms with Crippen molar-refractivity contribution in [3.8, 4) is 0 Å². The zero-order chi connectivity index (χ0) is 16.0. The van der Waals surface area contributed by atoms with Gasteiger partial charge >= 0.3 is 5.97 Å². The summed E-state index contributed by atoms with van der Waals surface area (Å²) >= 11 is 1.71. The number of hydrogen-bond acceptors (Lipinski definition) is 3. The van der Waals surface area contributed by atoms with Crippen molar-refractivity contribution in [2.45, 2.75) is 30.3 Å². The van der Waals surface area contributed by atoms with Gasteiger partial charge in [-0.15, -0.1) is 20.3 Å². The van der Waals surface area contributed by atoms with E-state index in [2.05, 4.69) is 30.3 Å². The normalized spacial score (nSPS) is 14.5. The number of rotatable bonds is 8. The van der Waals surface area contributed by atoms with Crippen molar-refractivity contribution in [2.24, 2.45) is 0 Å². The van der Waals surface area contributed by atoms with Gasteiger partial charge in [0.2, 0.25) is 0 Å². The summed E-state index contributed by atoms with van der Waals surface area (Å²) in [6.45, 7) is 1.89. The molecule has 22 heavy (non-hydrogen) atoms. The van der Waals surface area contributed by atoms with Crippen LogP contribution in [0.3, 0.4) is 0 Å². The molecular formula is C17H21O3PS. The van der Waals surface area contributed by atoms with E-state index in [-0.39, 0.29) is 0 Å². The summed E-state index contributed by atoms with van der Waals surface area (Å²) < 4.78 is 0. The predicted octanol–water partition coefficient (Wildman–Crippen LogP) is 4.18. The van der Waals surface area contributed by atoms with Gasteiger partial charge in [0.1, 0.15) is 0 Å². The molecule has 2 aromatic carbocycles. The molecule has 2 unspecified atom stereocenters. The molecule has 0 aliphatic carbocycles. The van der Waals surface area contributed by atoms with Crippen LogP contribution in [0.2, 0.25) is 0 Å². The molecule has 118 valence electrons. The fourth-order valence-electron chi connectivity index (χ4n) is 2.33. The highest BCUT2D eigenvalue weighted by molar-refractivity contribution is 8.03.